The molecule has 1 nitrogen and oxygen atoms in total. The highest BCUT2D eigenvalue weighted by atomic mass is 32.2. The Labute approximate surface area is 104 Å². The minimum atomic E-state index is 0.483. The molecule has 2 aliphatic rings. The van der Waals surface area contributed by atoms with Gasteiger partial charge < -0.3 is 4.74 Å². The second kappa shape index (κ2) is 6.00. The van der Waals surface area contributed by atoms with Gasteiger partial charge in [-0.15, -0.1) is 0 Å². The van der Waals surface area contributed by atoms with Gasteiger partial charge in [0, 0.05) is 11.2 Å². The van der Waals surface area contributed by atoms with E-state index in [4.69, 9.17) is 4.74 Å². The highest BCUT2D eigenvalue weighted by Gasteiger charge is 2.33. The summed E-state index contributed by atoms with van der Waals surface area (Å²) in [7, 11) is 0. The first-order chi connectivity index (χ1) is 7.85. The molecular weight excluding hydrogens is 216 g/mol. The minimum absolute atomic E-state index is 0.483. The van der Waals surface area contributed by atoms with Crippen LogP contribution in [0.5, 0.6) is 0 Å². The van der Waals surface area contributed by atoms with Crippen molar-refractivity contribution in [2.75, 3.05) is 18.1 Å². The quantitative estimate of drug-likeness (QED) is 0.674. The van der Waals surface area contributed by atoms with Crippen molar-refractivity contribution < 1.29 is 4.74 Å². The number of hydrogen-bond acceptors (Lipinski definition) is 2. The van der Waals surface area contributed by atoms with Gasteiger partial charge in [-0.05, 0) is 49.9 Å². The Balaban J connectivity index is 1.77. The van der Waals surface area contributed by atoms with Crippen LogP contribution in [0.2, 0.25) is 0 Å². The number of rotatable bonds is 4. The van der Waals surface area contributed by atoms with E-state index in [0.717, 1.165) is 6.61 Å². The molecule has 0 radical (unpaired) electrons. The third-order valence-electron chi connectivity index (χ3n) is 4.07. The van der Waals surface area contributed by atoms with Crippen molar-refractivity contribution in [2.24, 2.45) is 5.41 Å². The minimum Gasteiger partial charge on any atom is -0.501 e. The van der Waals surface area contributed by atoms with E-state index in [1.165, 1.54) is 56.5 Å². The average molecular weight is 240 g/mol. The van der Waals surface area contributed by atoms with Crippen molar-refractivity contribution in [3.63, 3.8) is 0 Å². The molecule has 0 aromatic heterocycles. The summed E-state index contributed by atoms with van der Waals surface area (Å²) in [6, 6.07) is 0. The topological polar surface area (TPSA) is 9.23 Å². The zero-order valence-electron chi connectivity index (χ0n) is 10.5. The summed E-state index contributed by atoms with van der Waals surface area (Å²) in [6.07, 6.45) is 11.4. The maximum atomic E-state index is 5.88. The second-order valence-corrected chi connectivity index (χ2v) is 6.41. The van der Waals surface area contributed by atoms with E-state index in [1.54, 1.807) is 5.57 Å². The Kier molecular flexibility index (Phi) is 4.63. The molecule has 1 heterocycles. The molecule has 92 valence electrons. The van der Waals surface area contributed by atoms with Gasteiger partial charge in [0.2, 0.25) is 0 Å². The van der Waals surface area contributed by atoms with E-state index in [1.807, 2.05) is 0 Å². The summed E-state index contributed by atoms with van der Waals surface area (Å²) in [4.78, 5) is 0. The molecule has 1 aliphatic heterocycles. The van der Waals surface area contributed by atoms with E-state index >= 15 is 0 Å². The van der Waals surface area contributed by atoms with E-state index in [9.17, 15) is 0 Å². The molecule has 16 heavy (non-hydrogen) atoms. The van der Waals surface area contributed by atoms with Crippen molar-refractivity contribution in [3.8, 4) is 0 Å². The molecule has 2 rings (SSSR count). The van der Waals surface area contributed by atoms with Crippen LogP contribution in [0.25, 0.3) is 0 Å². The third kappa shape index (κ3) is 3.19. The van der Waals surface area contributed by atoms with Crippen molar-refractivity contribution in [3.05, 3.63) is 11.8 Å². The molecule has 0 amide bonds. The predicted molar refractivity (Wildman–Crippen MR) is 71.8 cm³/mol. The van der Waals surface area contributed by atoms with Crippen LogP contribution in [0, 0.1) is 5.41 Å². The maximum absolute atomic E-state index is 5.88. The van der Waals surface area contributed by atoms with Crippen LogP contribution in [0.15, 0.2) is 11.8 Å². The van der Waals surface area contributed by atoms with Crippen LogP contribution in [-0.4, -0.2) is 18.1 Å². The van der Waals surface area contributed by atoms with Crippen molar-refractivity contribution in [1.82, 2.24) is 0 Å². The van der Waals surface area contributed by atoms with Crippen molar-refractivity contribution in [1.29, 1.82) is 0 Å². The molecule has 1 saturated heterocycles. The lowest BCUT2D eigenvalue weighted by atomic mass is 9.86. The largest absolute Gasteiger partial charge is 0.501 e. The summed E-state index contributed by atoms with van der Waals surface area (Å²) in [5.74, 6) is 2.63. The first-order valence-corrected chi connectivity index (χ1v) is 7.87. The van der Waals surface area contributed by atoms with Gasteiger partial charge in [0.05, 0.1) is 12.9 Å². The van der Waals surface area contributed by atoms with Crippen LogP contribution in [-0.2, 0) is 4.74 Å². The van der Waals surface area contributed by atoms with E-state index < -0.39 is 0 Å². The lowest BCUT2D eigenvalue weighted by molar-refractivity contribution is 0.122. The zero-order valence-corrected chi connectivity index (χ0v) is 11.3. The normalized spacial score (nSPS) is 30.4. The summed E-state index contributed by atoms with van der Waals surface area (Å²) in [5, 5.41) is 0. The molecule has 0 bridgehead atoms. The number of thioether (sulfide) groups is 1. The summed E-state index contributed by atoms with van der Waals surface area (Å²) < 4.78 is 5.88. The number of allylic oxidation sites excluding steroid dienone is 1. The van der Waals surface area contributed by atoms with E-state index in [0.29, 0.717) is 5.41 Å². The van der Waals surface area contributed by atoms with Gasteiger partial charge in [-0.3, -0.25) is 0 Å². The molecule has 0 aromatic carbocycles. The number of ether oxygens (including phenoxy) is 1. The van der Waals surface area contributed by atoms with Gasteiger partial charge in [-0.2, -0.15) is 11.8 Å². The standard InChI is InChI=1S/C14H24OS/c1-2-14(8-9-16-12-14)11-15-10-13-6-4-3-5-7-13/h10H,2-9,11-12H2,1H3. The Hall–Kier alpha value is -0.110. The van der Waals surface area contributed by atoms with E-state index in [2.05, 4.69) is 24.9 Å². The molecule has 0 spiro atoms. The van der Waals surface area contributed by atoms with Gasteiger partial charge in [-0.25, -0.2) is 0 Å². The first kappa shape index (κ1) is 12.3. The Morgan fingerprint density at radius 1 is 1.31 bits per heavy atom. The lowest BCUT2D eigenvalue weighted by Gasteiger charge is -2.26. The van der Waals surface area contributed by atoms with Gasteiger partial charge in [0.25, 0.3) is 0 Å². The summed E-state index contributed by atoms with van der Waals surface area (Å²) in [5.41, 5.74) is 2.03. The van der Waals surface area contributed by atoms with Crippen LogP contribution >= 0.6 is 11.8 Å². The first-order valence-electron chi connectivity index (χ1n) is 6.72. The molecule has 2 fully saturated rings. The molecule has 0 aromatic rings. The Morgan fingerprint density at radius 3 is 2.75 bits per heavy atom. The highest BCUT2D eigenvalue weighted by molar-refractivity contribution is 7.99. The van der Waals surface area contributed by atoms with Gasteiger partial charge in [0.1, 0.15) is 0 Å². The Bertz CT molecular complexity index is 233. The summed E-state index contributed by atoms with van der Waals surface area (Å²) in [6.45, 7) is 3.25. The molecule has 1 aliphatic carbocycles. The van der Waals surface area contributed by atoms with Crippen molar-refractivity contribution in [2.45, 2.75) is 51.9 Å². The fraction of sp³-hybridized carbons (Fsp3) is 0.857. The molecule has 1 unspecified atom stereocenters. The smallest absolute Gasteiger partial charge is 0.0937 e. The average Bonchev–Trinajstić information content (AvgIpc) is 2.80. The van der Waals surface area contributed by atoms with Gasteiger partial charge in [-0.1, -0.05) is 13.3 Å². The fourth-order valence-electron chi connectivity index (χ4n) is 2.60. The van der Waals surface area contributed by atoms with Crippen LogP contribution in [0.1, 0.15) is 51.9 Å². The summed E-state index contributed by atoms with van der Waals surface area (Å²) >= 11 is 2.09. The molecule has 1 atom stereocenters. The fourth-order valence-corrected chi connectivity index (χ4v) is 4.19. The molecule has 2 heteroatoms. The maximum Gasteiger partial charge on any atom is 0.0937 e. The Morgan fingerprint density at radius 2 is 2.12 bits per heavy atom. The lowest BCUT2D eigenvalue weighted by Crippen LogP contribution is -2.24. The third-order valence-corrected chi connectivity index (χ3v) is 5.38. The molecular formula is C14H24OS. The molecule has 0 N–H and O–H groups in total. The zero-order chi connectivity index (χ0) is 11.3. The predicted octanol–water partition coefficient (Wildman–Crippen LogP) is 4.38. The van der Waals surface area contributed by atoms with Crippen LogP contribution in [0.4, 0.5) is 0 Å². The van der Waals surface area contributed by atoms with Gasteiger partial charge in [0.15, 0.2) is 0 Å². The van der Waals surface area contributed by atoms with E-state index in [-0.39, 0.29) is 0 Å². The monoisotopic (exact) mass is 240 g/mol. The van der Waals surface area contributed by atoms with Crippen molar-refractivity contribution >= 4 is 11.8 Å². The van der Waals surface area contributed by atoms with Gasteiger partial charge >= 0.3 is 0 Å². The van der Waals surface area contributed by atoms with Crippen LogP contribution < -0.4 is 0 Å². The number of hydrogen-bond donors (Lipinski definition) is 0. The molecule has 1 saturated carbocycles. The SMILES string of the molecule is CCC1(COC=C2CCCCC2)CCSC1. The van der Waals surface area contributed by atoms with Crippen LogP contribution in [0.3, 0.4) is 0 Å². The highest BCUT2D eigenvalue weighted by Crippen LogP contribution is 2.39. The second-order valence-electron chi connectivity index (χ2n) is 5.30.